The predicted molar refractivity (Wildman–Crippen MR) is 74.3 cm³/mol. The number of carbonyl (C=O) groups is 1. The van der Waals surface area contributed by atoms with Crippen LogP contribution in [0, 0.1) is 5.92 Å². The average Bonchev–Trinajstić information content (AvgIpc) is 3.17. The molecule has 1 aliphatic carbocycles. The number of hydrogen-bond donors (Lipinski definition) is 2. The first-order valence-electron chi connectivity index (χ1n) is 6.24. The maximum absolute atomic E-state index is 12.2. The molecule has 1 fully saturated rings. The molecule has 0 heterocycles. The number of amides is 1. The topological polar surface area (TPSA) is 49.3 Å². The van der Waals surface area contributed by atoms with Crippen LogP contribution in [-0.4, -0.2) is 24.2 Å². The van der Waals surface area contributed by atoms with Crippen LogP contribution in [0.4, 0.5) is 0 Å². The van der Waals surface area contributed by atoms with E-state index < -0.39 is 0 Å². The Bertz CT molecular complexity index is 426. The van der Waals surface area contributed by atoms with Crippen molar-refractivity contribution < 1.29 is 9.90 Å². The summed E-state index contributed by atoms with van der Waals surface area (Å²) < 4.78 is 1.02. The minimum Gasteiger partial charge on any atom is -0.396 e. The van der Waals surface area contributed by atoms with E-state index in [0.717, 1.165) is 22.9 Å². The minimum atomic E-state index is -0.324. The first-order chi connectivity index (χ1) is 8.58. The number of aliphatic hydroxyl groups excluding tert-OH is 1. The van der Waals surface area contributed by atoms with Crippen molar-refractivity contribution in [3.8, 4) is 0 Å². The van der Waals surface area contributed by atoms with E-state index in [1.165, 1.54) is 0 Å². The van der Waals surface area contributed by atoms with Crippen LogP contribution in [0.1, 0.15) is 25.3 Å². The molecule has 3 nitrogen and oxygen atoms in total. The molecule has 0 spiro atoms. The fourth-order valence-electron chi connectivity index (χ4n) is 2.04. The van der Waals surface area contributed by atoms with Crippen LogP contribution in [0.15, 0.2) is 28.7 Å². The molecule has 0 radical (unpaired) electrons. The van der Waals surface area contributed by atoms with Crippen LogP contribution in [-0.2, 0) is 10.2 Å². The lowest BCUT2D eigenvalue weighted by Crippen LogP contribution is -2.37. The standard InChI is InChI=1S/C14H18BrNO2/c1-10(9-17)8-16-13(18)14(6-7-14)11-2-4-12(15)5-3-11/h2-5,10,17H,6-9H2,1H3,(H,16,18). The quantitative estimate of drug-likeness (QED) is 0.876. The van der Waals surface area contributed by atoms with Gasteiger partial charge in [-0.2, -0.15) is 0 Å². The Hall–Kier alpha value is -0.870. The summed E-state index contributed by atoms with van der Waals surface area (Å²) in [5, 5.41) is 11.9. The second kappa shape index (κ2) is 5.41. The smallest absolute Gasteiger partial charge is 0.230 e. The van der Waals surface area contributed by atoms with E-state index in [1.807, 2.05) is 31.2 Å². The summed E-state index contributed by atoms with van der Waals surface area (Å²) in [5.41, 5.74) is 0.760. The van der Waals surface area contributed by atoms with E-state index in [-0.39, 0.29) is 23.8 Å². The van der Waals surface area contributed by atoms with E-state index in [2.05, 4.69) is 21.2 Å². The third-order valence-electron chi connectivity index (χ3n) is 3.50. The molecule has 1 aromatic carbocycles. The highest BCUT2D eigenvalue weighted by molar-refractivity contribution is 9.10. The summed E-state index contributed by atoms with van der Waals surface area (Å²) in [6, 6.07) is 7.95. The molecule has 2 N–H and O–H groups in total. The van der Waals surface area contributed by atoms with Crippen LogP contribution in [0.5, 0.6) is 0 Å². The first-order valence-corrected chi connectivity index (χ1v) is 7.03. The Kier molecular flexibility index (Phi) is 4.07. The van der Waals surface area contributed by atoms with Gasteiger partial charge in [0.2, 0.25) is 5.91 Å². The van der Waals surface area contributed by atoms with Gasteiger partial charge < -0.3 is 10.4 Å². The van der Waals surface area contributed by atoms with Gasteiger partial charge in [0.05, 0.1) is 5.41 Å². The number of nitrogens with one attached hydrogen (secondary N) is 1. The summed E-state index contributed by atoms with van der Waals surface area (Å²) >= 11 is 3.40. The van der Waals surface area contributed by atoms with Gasteiger partial charge in [-0.05, 0) is 36.5 Å². The van der Waals surface area contributed by atoms with Crippen LogP contribution < -0.4 is 5.32 Å². The van der Waals surface area contributed by atoms with E-state index in [9.17, 15) is 4.79 Å². The fraction of sp³-hybridized carbons (Fsp3) is 0.500. The molecule has 1 unspecified atom stereocenters. The molecule has 0 aliphatic heterocycles. The zero-order valence-electron chi connectivity index (χ0n) is 10.4. The van der Waals surface area contributed by atoms with Gasteiger partial charge in [-0.3, -0.25) is 4.79 Å². The summed E-state index contributed by atoms with van der Waals surface area (Å²) in [4.78, 5) is 12.2. The van der Waals surface area contributed by atoms with Crippen LogP contribution >= 0.6 is 15.9 Å². The highest BCUT2D eigenvalue weighted by Crippen LogP contribution is 2.48. The second-order valence-corrected chi connectivity index (χ2v) is 6.00. The Labute approximate surface area is 116 Å². The molecule has 1 saturated carbocycles. The van der Waals surface area contributed by atoms with Crippen molar-refractivity contribution >= 4 is 21.8 Å². The monoisotopic (exact) mass is 311 g/mol. The maximum atomic E-state index is 12.2. The molecule has 1 aliphatic rings. The average molecular weight is 312 g/mol. The number of aliphatic hydroxyl groups is 1. The van der Waals surface area contributed by atoms with Crippen molar-refractivity contribution in [2.75, 3.05) is 13.2 Å². The highest BCUT2D eigenvalue weighted by atomic mass is 79.9. The van der Waals surface area contributed by atoms with Gasteiger partial charge in [0.15, 0.2) is 0 Å². The number of hydrogen-bond acceptors (Lipinski definition) is 2. The van der Waals surface area contributed by atoms with Crippen LogP contribution in [0.2, 0.25) is 0 Å². The Morgan fingerprint density at radius 2 is 2.06 bits per heavy atom. The number of rotatable bonds is 5. The van der Waals surface area contributed by atoms with Crippen molar-refractivity contribution in [2.24, 2.45) is 5.92 Å². The zero-order chi connectivity index (χ0) is 13.2. The molecular weight excluding hydrogens is 294 g/mol. The lowest BCUT2D eigenvalue weighted by Gasteiger charge is -2.17. The van der Waals surface area contributed by atoms with E-state index in [1.54, 1.807) is 0 Å². The van der Waals surface area contributed by atoms with Crippen molar-refractivity contribution in [1.29, 1.82) is 0 Å². The molecule has 1 amide bonds. The number of benzene rings is 1. The van der Waals surface area contributed by atoms with Crippen molar-refractivity contribution in [1.82, 2.24) is 5.32 Å². The maximum Gasteiger partial charge on any atom is 0.230 e. The molecule has 98 valence electrons. The third-order valence-corrected chi connectivity index (χ3v) is 4.03. The van der Waals surface area contributed by atoms with Crippen molar-refractivity contribution in [3.63, 3.8) is 0 Å². The van der Waals surface area contributed by atoms with Crippen molar-refractivity contribution in [3.05, 3.63) is 34.3 Å². The Morgan fingerprint density at radius 1 is 1.44 bits per heavy atom. The minimum absolute atomic E-state index is 0.0881. The fourth-order valence-corrected chi connectivity index (χ4v) is 2.31. The first kappa shape index (κ1) is 13.6. The van der Waals surface area contributed by atoms with Gasteiger partial charge in [0, 0.05) is 17.6 Å². The largest absolute Gasteiger partial charge is 0.396 e. The molecule has 4 heteroatoms. The zero-order valence-corrected chi connectivity index (χ0v) is 12.0. The Balaban J connectivity index is 2.03. The molecule has 2 rings (SSSR count). The van der Waals surface area contributed by atoms with Gasteiger partial charge in [-0.15, -0.1) is 0 Å². The second-order valence-electron chi connectivity index (χ2n) is 5.09. The molecule has 0 aromatic heterocycles. The lowest BCUT2D eigenvalue weighted by atomic mass is 9.95. The highest BCUT2D eigenvalue weighted by Gasteiger charge is 2.51. The third kappa shape index (κ3) is 2.75. The van der Waals surface area contributed by atoms with Gasteiger partial charge in [0.1, 0.15) is 0 Å². The van der Waals surface area contributed by atoms with E-state index in [4.69, 9.17) is 5.11 Å². The van der Waals surface area contributed by atoms with Crippen LogP contribution in [0.3, 0.4) is 0 Å². The molecule has 0 bridgehead atoms. The van der Waals surface area contributed by atoms with Gasteiger partial charge >= 0.3 is 0 Å². The van der Waals surface area contributed by atoms with Gasteiger partial charge in [-0.25, -0.2) is 0 Å². The lowest BCUT2D eigenvalue weighted by molar-refractivity contribution is -0.123. The number of halogens is 1. The summed E-state index contributed by atoms with van der Waals surface area (Å²) in [6.07, 6.45) is 1.82. The van der Waals surface area contributed by atoms with E-state index in [0.29, 0.717) is 6.54 Å². The number of carbonyl (C=O) groups excluding carboxylic acids is 1. The van der Waals surface area contributed by atoms with E-state index >= 15 is 0 Å². The predicted octanol–water partition coefficient (Wildman–Crippen LogP) is 2.23. The van der Waals surface area contributed by atoms with Gasteiger partial charge in [-0.1, -0.05) is 35.0 Å². The van der Waals surface area contributed by atoms with Crippen molar-refractivity contribution in [2.45, 2.75) is 25.2 Å². The molecule has 0 saturated heterocycles. The SMILES string of the molecule is CC(CO)CNC(=O)C1(c2ccc(Br)cc2)CC1. The van der Waals surface area contributed by atoms with Crippen LogP contribution in [0.25, 0.3) is 0 Å². The molecule has 1 aromatic rings. The summed E-state index contributed by atoms with van der Waals surface area (Å²) in [7, 11) is 0. The molecule has 18 heavy (non-hydrogen) atoms. The van der Waals surface area contributed by atoms with Gasteiger partial charge in [0.25, 0.3) is 0 Å². The Morgan fingerprint density at radius 3 is 2.56 bits per heavy atom. The molecule has 1 atom stereocenters. The summed E-state index contributed by atoms with van der Waals surface area (Å²) in [5.74, 6) is 0.194. The normalized spacial score (nSPS) is 18.2. The molecular formula is C14H18BrNO2. The summed E-state index contributed by atoms with van der Waals surface area (Å²) in [6.45, 7) is 2.55.